The lowest BCUT2D eigenvalue weighted by molar-refractivity contribution is -0.142. The lowest BCUT2D eigenvalue weighted by atomic mass is 10.0. The molecule has 1 unspecified atom stereocenters. The van der Waals surface area contributed by atoms with Gasteiger partial charge in [-0.05, 0) is 48.9 Å². The summed E-state index contributed by atoms with van der Waals surface area (Å²) in [5, 5.41) is 3.11. The molecule has 42 heavy (non-hydrogen) atoms. The van der Waals surface area contributed by atoms with Crippen molar-refractivity contribution in [3.05, 3.63) is 94.7 Å². The largest absolute Gasteiger partial charge is 0.497 e. The van der Waals surface area contributed by atoms with E-state index in [1.165, 1.54) is 20.3 Å². The summed E-state index contributed by atoms with van der Waals surface area (Å²) in [4.78, 5) is 36.0. The van der Waals surface area contributed by atoms with Gasteiger partial charge in [-0.25, -0.2) is 18.7 Å². The third kappa shape index (κ3) is 5.45. The molecule has 11 heteroatoms. The maximum Gasteiger partial charge on any atom is 0.312 e. The van der Waals surface area contributed by atoms with Gasteiger partial charge in [0.2, 0.25) is 0 Å². The smallest absolute Gasteiger partial charge is 0.312 e. The lowest BCUT2D eigenvalue weighted by Crippen LogP contribution is -2.24. The van der Waals surface area contributed by atoms with E-state index in [1.807, 2.05) is 0 Å². The second-order valence-corrected chi connectivity index (χ2v) is 9.65. The maximum atomic E-state index is 14.8. The number of halogens is 2. The van der Waals surface area contributed by atoms with Gasteiger partial charge in [0.15, 0.2) is 5.82 Å². The van der Waals surface area contributed by atoms with E-state index < -0.39 is 23.1 Å². The Morgan fingerprint density at radius 2 is 1.69 bits per heavy atom. The second kappa shape index (κ2) is 11.8. The van der Waals surface area contributed by atoms with Crippen LogP contribution in [0.25, 0.3) is 11.4 Å². The van der Waals surface area contributed by atoms with Crippen LogP contribution in [-0.2, 0) is 22.6 Å². The number of ether oxygens (including phenoxy) is 3. The van der Waals surface area contributed by atoms with Gasteiger partial charge in [0.05, 0.1) is 51.6 Å². The van der Waals surface area contributed by atoms with Gasteiger partial charge in [-0.1, -0.05) is 18.2 Å². The molecule has 0 saturated heterocycles. The van der Waals surface area contributed by atoms with E-state index in [0.29, 0.717) is 22.9 Å². The van der Waals surface area contributed by atoms with Crippen molar-refractivity contribution < 1.29 is 32.6 Å². The van der Waals surface area contributed by atoms with Crippen molar-refractivity contribution in [2.24, 2.45) is 0 Å². The first-order chi connectivity index (χ1) is 20.2. The van der Waals surface area contributed by atoms with E-state index >= 15 is 0 Å². The molecule has 0 aliphatic carbocycles. The highest BCUT2D eigenvalue weighted by Crippen LogP contribution is 2.35. The molecule has 1 amide bonds. The molecule has 216 valence electrons. The average Bonchev–Trinajstić information content (AvgIpc) is 3.31. The van der Waals surface area contributed by atoms with Gasteiger partial charge in [0.25, 0.3) is 5.91 Å². The van der Waals surface area contributed by atoms with Crippen LogP contribution in [0.1, 0.15) is 40.0 Å². The van der Waals surface area contributed by atoms with Crippen molar-refractivity contribution in [3.8, 4) is 22.9 Å². The molecule has 3 aromatic carbocycles. The summed E-state index contributed by atoms with van der Waals surface area (Å²) < 4.78 is 45.1. The van der Waals surface area contributed by atoms with Crippen molar-refractivity contribution in [2.45, 2.75) is 25.9 Å². The average molecular weight is 575 g/mol. The summed E-state index contributed by atoms with van der Waals surface area (Å²) in [5.74, 6) is -1.82. The number of anilines is 2. The van der Waals surface area contributed by atoms with Crippen molar-refractivity contribution in [1.82, 2.24) is 14.9 Å². The molecular weight excluding hydrogens is 546 g/mol. The number of methoxy groups -OCH3 is 3. The van der Waals surface area contributed by atoms with Crippen LogP contribution in [0.4, 0.5) is 20.3 Å². The van der Waals surface area contributed by atoms with Gasteiger partial charge < -0.3 is 24.4 Å². The van der Waals surface area contributed by atoms with Crippen LogP contribution in [0.15, 0.2) is 60.7 Å². The summed E-state index contributed by atoms with van der Waals surface area (Å²) in [6.45, 7) is 2.00. The highest BCUT2D eigenvalue weighted by molar-refractivity contribution is 6.03. The van der Waals surface area contributed by atoms with Crippen molar-refractivity contribution >= 4 is 23.4 Å². The summed E-state index contributed by atoms with van der Waals surface area (Å²) in [6.07, 6.45) is 0. The number of benzene rings is 3. The molecule has 1 aliphatic heterocycles. The first kappa shape index (κ1) is 28.5. The van der Waals surface area contributed by atoms with E-state index in [2.05, 4.69) is 15.3 Å². The van der Waals surface area contributed by atoms with E-state index in [1.54, 1.807) is 61.4 Å². The van der Waals surface area contributed by atoms with Crippen molar-refractivity contribution in [3.63, 3.8) is 0 Å². The van der Waals surface area contributed by atoms with Crippen LogP contribution in [0.3, 0.4) is 0 Å². The van der Waals surface area contributed by atoms with Crippen LogP contribution in [0.2, 0.25) is 0 Å². The van der Waals surface area contributed by atoms with E-state index in [4.69, 9.17) is 14.2 Å². The monoisotopic (exact) mass is 574 g/mol. The first-order valence-corrected chi connectivity index (χ1v) is 13.0. The number of rotatable bonds is 9. The number of fused-ring (bicyclic) bond motifs is 1. The molecule has 1 aliphatic rings. The number of hydrogen-bond donors (Lipinski definition) is 1. The van der Waals surface area contributed by atoms with E-state index in [0.717, 1.165) is 23.3 Å². The molecule has 1 aromatic heterocycles. The zero-order chi connectivity index (χ0) is 30.0. The quantitative estimate of drug-likeness (QED) is 0.257. The predicted octanol–water partition coefficient (Wildman–Crippen LogP) is 5.62. The van der Waals surface area contributed by atoms with Crippen LogP contribution in [-0.4, -0.2) is 48.1 Å². The fourth-order valence-corrected chi connectivity index (χ4v) is 4.79. The summed E-state index contributed by atoms with van der Waals surface area (Å²) in [6, 6.07) is 15.7. The van der Waals surface area contributed by atoms with Gasteiger partial charge in [0, 0.05) is 17.3 Å². The Labute approximate surface area is 241 Å². The van der Waals surface area contributed by atoms with Crippen molar-refractivity contribution in [2.75, 3.05) is 26.6 Å². The molecule has 0 radical (unpaired) electrons. The minimum atomic E-state index is -0.828. The highest BCUT2D eigenvalue weighted by Gasteiger charge is 2.34. The molecule has 0 spiro atoms. The highest BCUT2D eigenvalue weighted by atomic mass is 19.1. The fraction of sp³-hybridized carbons (Fsp3) is 0.226. The van der Waals surface area contributed by atoms with Gasteiger partial charge in [-0.3, -0.25) is 9.59 Å². The number of aromatic nitrogens is 2. The normalized spacial score (nSPS) is 13.0. The van der Waals surface area contributed by atoms with Crippen LogP contribution >= 0.6 is 0 Å². The fourth-order valence-electron chi connectivity index (χ4n) is 4.79. The molecule has 1 atom stereocenters. The predicted molar refractivity (Wildman–Crippen MR) is 151 cm³/mol. The standard InChI is InChI=1S/C31H28F2N4O5/c1-17(31(39)42-4)18-8-11-20(12-9-18)34-29-27-24(35-28(36-29)26-22(32)6-5-7-23(26)33)16-37(30(27)38)15-19-10-13-21(40-2)14-25(19)41-3/h5-14,17H,15-16H2,1-4H3,(H,34,35,36). The molecule has 0 bridgehead atoms. The number of nitrogens with one attached hydrogen (secondary N) is 1. The third-order valence-electron chi connectivity index (χ3n) is 7.10. The zero-order valence-electron chi connectivity index (χ0n) is 23.4. The number of esters is 1. The minimum Gasteiger partial charge on any atom is -0.497 e. The van der Waals surface area contributed by atoms with Crippen LogP contribution < -0.4 is 14.8 Å². The summed E-state index contributed by atoms with van der Waals surface area (Å²) >= 11 is 0. The number of carbonyl (C=O) groups is 2. The van der Waals surface area contributed by atoms with Gasteiger partial charge >= 0.3 is 5.97 Å². The summed E-state index contributed by atoms with van der Waals surface area (Å²) in [5.41, 5.74) is 2.12. The zero-order valence-corrected chi connectivity index (χ0v) is 23.4. The molecule has 0 saturated carbocycles. The Morgan fingerprint density at radius 1 is 0.976 bits per heavy atom. The molecule has 4 aromatic rings. The topological polar surface area (TPSA) is 103 Å². The van der Waals surface area contributed by atoms with Gasteiger partial charge in [-0.2, -0.15) is 0 Å². The van der Waals surface area contributed by atoms with Crippen molar-refractivity contribution in [1.29, 1.82) is 0 Å². The molecule has 1 N–H and O–H groups in total. The number of carbonyl (C=O) groups excluding carboxylic acids is 2. The Balaban J connectivity index is 1.53. The maximum absolute atomic E-state index is 14.8. The van der Waals surface area contributed by atoms with E-state index in [-0.39, 0.29) is 42.2 Å². The van der Waals surface area contributed by atoms with Crippen LogP contribution in [0, 0.1) is 11.6 Å². The molecule has 0 fully saturated rings. The SMILES string of the molecule is COC(=O)C(C)c1ccc(Nc2nc(-c3c(F)cccc3F)nc3c2C(=O)N(Cc2ccc(OC)cc2OC)C3)cc1. The summed E-state index contributed by atoms with van der Waals surface area (Å²) in [7, 11) is 4.40. The Morgan fingerprint density at radius 3 is 2.33 bits per heavy atom. The molecular formula is C31H28F2N4O5. The Bertz CT molecular complexity index is 1640. The minimum absolute atomic E-state index is 0.0825. The molecule has 5 rings (SSSR count). The first-order valence-electron chi connectivity index (χ1n) is 13.0. The Hall–Kier alpha value is -5.06. The van der Waals surface area contributed by atoms with Gasteiger partial charge in [-0.15, -0.1) is 0 Å². The molecule has 9 nitrogen and oxygen atoms in total. The molecule has 2 heterocycles. The number of nitrogens with zero attached hydrogens (tertiary/aromatic N) is 3. The van der Waals surface area contributed by atoms with Crippen LogP contribution in [0.5, 0.6) is 11.5 Å². The number of amides is 1. The second-order valence-electron chi connectivity index (χ2n) is 9.65. The lowest BCUT2D eigenvalue weighted by Gasteiger charge is -2.18. The number of hydrogen-bond acceptors (Lipinski definition) is 8. The third-order valence-corrected chi connectivity index (χ3v) is 7.10. The van der Waals surface area contributed by atoms with Gasteiger partial charge in [0.1, 0.15) is 34.5 Å². The van der Waals surface area contributed by atoms with E-state index in [9.17, 15) is 18.4 Å². The Kier molecular flexibility index (Phi) is 8.01.